The number of benzene rings is 1. The van der Waals surface area contributed by atoms with Crippen molar-refractivity contribution in [3.05, 3.63) is 35.9 Å². The first-order valence-electron chi connectivity index (χ1n) is 8.91. The third-order valence-electron chi connectivity index (χ3n) is 5.03. The van der Waals surface area contributed by atoms with Crippen LogP contribution in [0.25, 0.3) is 0 Å². The van der Waals surface area contributed by atoms with Gasteiger partial charge in [0.05, 0.1) is 5.41 Å². The first-order valence-corrected chi connectivity index (χ1v) is 8.91. The van der Waals surface area contributed by atoms with E-state index in [4.69, 9.17) is 4.74 Å². The molecular formula is C20H29NO4. The molecule has 1 unspecified atom stereocenters. The van der Waals surface area contributed by atoms with Gasteiger partial charge < -0.3 is 15.2 Å². The lowest BCUT2D eigenvalue weighted by Gasteiger charge is -2.40. The van der Waals surface area contributed by atoms with E-state index in [1.54, 1.807) is 6.92 Å². The summed E-state index contributed by atoms with van der Waals surface area (Å²) in [5, 5.41) is 12.9. The van der Waals surface area contributed by atoms with Gasteiger partial charge in [-0.05, 0) is 58.4 Å². The van der Waals surface area contributed by atoms with E-state index in [0.717, 1.165) is 24.8 Å². The number of alkyl carbamates (subject to hydrolysis) is 1. The molecule has 138 valence electrons. The molecule has 0 heterocycles. The minimum Gasteiger partial charge on any atom is -0.481 e. The minimum atomic E-state index is -0.963. The van der Waals surface area contributed by atoms with Gasteiger partial charge in [0.15, 0.2) is 0 Å². The number of carbonyl (C=O) groups is 2. The first-order chi connectivity index (χ1) is 11.6. The second-order valence-electron chi connectivity index (χ2n) is 8.08. The molecule has 1 aliphatic rings. The number of hydrogen-bond donors (Lipinski definition) is 2. The Hall–Kier alpha value is -2.04. The van der Waals surface area contributed by atoms with Crippen molar-refractivity contribution in [2.24, 2.45) is 5.92 Å². The maximum Gasteiger partial charge on any atom is 0.407 e. The van der Waals surface area contributed by atoms with E-state index in [0.29, 0.717) is 6.42 Å². The zero-order chi connectivity index (χ0) is 18.7. The Balaban J connectivity index is 2.13. The van der Waals surface area contributed by atoms with Gasteiger partial charge in [-0.3, -0.25) is 4.79 Å². The molecular weight excluding hydrogens is 318 g/mol. The average molecular weight is 347 g/mol. The highest BCUT2D eigenvalue weighted by atomic mass is 16.6. The van der Waals surface area contributed by atoms with Crippen LogP contribution in [-0.4, -0.2) is 28.8 Å². The number of nitrogens with one attached hydrogen (secondary N) is 1. The van der Waals surface area contributed by atoms with Gasteiger partial charge in [0.1, 0.15) is 5.60 Å². The van der Waals surface area contributed by atoms with Crippen molar-refractivity contribution in [2.75, 3.05) is 0 Å². The van der Waals surface area contributed by atoms with Gasteiger partial charge in [0.25, 0.3) is 0 Å². The molecule has 2 N–H and O–H groups in total. The molecule has 0 saturated heterocycles. The molecule has 1 aliphatic carbocycles. The Kier molecular flexibility index (Phi) is 5.76. The largest absolute Gasteiger partial charge is 0.481 e. The Morgan fingerprint density at radius 3 is 2.32 bits per heavy atom. The lowest BCUT2D eigenvalue weighted by Crippen LogP contribution is -2.47. The van der Waals surface area contributed by atoms with E-state index in [2.05, 4.69) is 5.32 Å². The highest BCUT2D eigenvalue weighted by molar-refractivity contribution is 5.81. The van der Waals surface area contributed by atoms with E-state index in [1.165, 1.54) is 0 Å². The number of carboxylic acid groups (broad SMARTS) is 1. The van der Waals surface area contributed by atoms with Gasteiger partial charge >= 0.3 is 12.1 Å². The van der Waals surface area contributed by atoms with Crippen LogP contribution >= 0.6 is 0 Å². The normalized spacial score (nSPS) is 23.4. The van der Waals surface area contributed by atoms with Gasteiger partial charge in [-0.1, -0.05) is 36.8 Å². The molecule has 0 bridgehead atoms. The van der Waals surface area contributed by atoms with Gasteiger partial charge in [0.2, 0.25) is 0 Å². The average Bonchev–Trinajstić information content (AvgIpc) is 2.53. The van der Waals surface area contributed by atoms with Crippen LogP contribution in [0.1, 0.15) is 58.9 Å². The zero-order valence-corrected chi connectivity index (χ0v) is 15.5. The summed E-state index contributed by atoms with van der Waals surface area (Å²) >= 11 is 0. The molecule has 1 amide bonds. The number of carboxylic acids is 1. The predicted octanol–water partition coefficient (Wildman–Crippen LogP) is 4.11. The van der Waals surface area contributed by atoms with Crippen molar-refractivity contribution in [1.29, 1.82) is 0 Å². The summed E-state index contributed by atoms with van der Waals surface area (Å²) in [5.41, 5.74) is -0.696. The first kappa shape index (κ1) is 19.3. The number of aliphatic carboxylic acids is 1. The van der Waals surface area contributed by atoms with Crippen LogP contribution in [0.3, 0.4) is 0 Å². The Bertz CT molecular complexity index is 608. The van der Waals surface area contributed by atoms with Gasteiger partial charge in [-0.25, -0.2) is 4.79 Å². The maximum absolute atomic E-state index is 12.1. The fourth-order valence-corrected chi connectivity index (χ4v) is 3.64. The molecule has 5 heteroatoms. The van der Waals surface area contributed by atoms with E-state index in [1.807, 2.05) is 51.1 Å². The predicted molar refractivity (Wildman–Crippen MR) is 96.5 cm³/mol. The summed E-state index contributed by atoms with van der Waals surface area (Å²) < 4.78 is 5.33. The lowest BCUT2D eigenvalue weighted by atomic mass is 9.65. The van der Waals surface area contributed by atoms with E-state index in [9.17, 15) is 14.7 Å². The number of rotatable bonds is 4. The van der Waals surface area contributed by atoms with Gasteiger partial charge in [0, 0.05) is 6.04 Å². The van der Waals surface area contributed by atoms with Gasteiger partial charge in [-0.15, -0.1) is 0 Å². The Morgan fingerprint density at radius 2 is 1.76 bits per heavy atom. The lowest BCUT2D eigenvalue weighted by molar-refractivity contribution is -0.146. The molecule has 1 fully saturated rings. The second kappa shape index (κ2) is 7.46. The number of ether oxygens (including phenoxy) is 1. The summed E-state index contributed by atoms with van der Waals surface area (Å²) in [7, 11) is 0. The Labute approximate surface area is 149 Å². The molecule has 3 atom stereocenters. The van der Waals surface area contributed by atoms with Crippen LogP contribution in [0, 0.1) is 5.92 Å². The quantitative estimate of drug-likeness (QED) is 0.859. The molecule has 2 rings (SSSR count). The number of hydrogen-bond acceptors (Lipinski definition) is 3. The highest BCUT2D eigenvalue weighted by Gasteiger charge is 2.45. The molecule has 1 saturated carbocycles. The molecule has 1 aromatic carbocycles. The summed E-state index contributed by atoms with van der Waals surface area (Å²) in [5.74, 6) is -0.859. The summed E-state index contributed by atoms with van der Waals surface area (Å²) in [6.45, 7) is 7.28. The van der Waals surface area contributed by atoms with Crippen LogP contribution in [0.2, 0.25) is 0 Å². The van der Waals surface area contributed by atoms with Crippen molar-refractivity contribution in [2.45, 2.75) is 70.4 Å². The van der Waals surface area contributed by atoms with Crippen molar-refractivity contribution in [3.63, 3.8) is 0 Å². The van der Waals surface area contributed by atoms with Crippen molar-refractivity contribution in [1.82, 2.24) is 5.32 Å². The third-order valence-corrected chi connectivity index (χ3v) is 5.03. The van der Waals surface area contributed by atoms with Crippen LogP contribution in [0.5, 0.6) is 0 Å². The van der Waals surface area contributed by atoms with E-state index in [-0.39, 0.29) is 12.0 Å². The van der Waals surface area contributed by atoms with Crippen LogP contribution < -0.4 is 5.32 Å². The van der Waals surface area contributed by atoms with Crippen LogP contribution in [-0.2, 0) is 14.9 Å². The molecule has 1 aromatic rings. The number of amides is 1. The second-order valence-corrected chi connectivity index (χ2v) is 8.08. The smallest absolute Gasteiger partial charge is 0.407 e. The van der Waals surface area contributed by atoms with Crippen molar-refractivity contribution < 1.29 is 19.4 Å². The van der Waals surface area contributed by atoms with E-state index >= 15 is 0 Å². The monoisotopic (exact) mass is 347 g/mol. The third kappa shape index (κ3) is 4.74. The highest BCUT2D eigenvalue weighted by Crippen LogP contribution is 2.41. The summed E-state index contributed by atoms with van der Waals surface area (Å²) in [6, 6.07) is 9.32. The topological polar surface area (TPSA) is 75.6 Å². The SMILES string of the molecule is CC(C)(C)OC(=O)N[C@H]1CCC[C@@H](C(C)(C(=O)O)c2ccccc2)C1. The fourth-order valence-electron chi connectivity index (χ4n) is 3.64. The fraction of sp³-hybridized carbons (Fsp3) is 0.600. The van der Waals surface area contributed by atoms with Crippen molar-refractivity contribution >= 4 is 12.1 Å². The number of carbonyl (C=O) groups excluding carboxylic acids is 1. The van der Waals surface area contributed by atoms with Crippen LogP contribution in [0.15, 0.2) is 30.3 Å². The van der Waals surface area contributed by atoms with Crippen LogP contribution in [0.4, 0.5) is 4.79 Å². The standard InChI is InChI=1S/C20H29NO4/c1-19(2,3)25-18(24)21-16-12-8-11-15(13-16)20(4,17(22)23)14-9-6-5-7-10-14/h5-7,9-10,15-16H,8,11-13H2,1-4H3,(H,21,24)(H,22,23)/t15-,16+,20?/m1/s1. The zero-order valence-electron chi connectivity index (χ0n) is 15.5. The maximum atomic E-state index is 12.1. The molecule has 0 radical (unpaired) electrons. The van der Waals surface area contributed by atoms with E-state index < -0.39 is 23.1 Å². The molecule has 25 heavy (non-hydrogen) atoms. The summed E-state index contributed by atoms with van der Waals surface area (Å²) in [6.07, 6.45) is 2.78. The minimum absolute atomic E-state index is 0.0407. The molecule has 5 nitrogen and oxygen atoms in total. The summed E-state index contributed by atoms with van der Waals surface area (Å²) in [4.78, 5) is 24.2. The molecule has 0 aromatic heterocycles. The Morgan fingerprint density at radius 1 is 1.12 bits per heavy atom. The molecule has 0 aliphatic heterocycles. The molecule has 0 spiro atoms. The van der Waals surface area contributed by atoms with Gasteiger partial charge in [-0.2, -0.15) is 0 Å². The van der Waals surface area contributed by atoms with Crippen molar-refractivity contribution in [3.8, 4) is 0 Å².